The maximum absolute atomic E-state index is 3.54. The molecule has 1 nitrogen and oxygen atoms in total. The molecule has 76 valence electrons. The van der Waals surface area contributed by atoms with Crippen molar-refractivity contribution in [2.45, 2.75) is 18.9 Å². The Morgan fingerprint density at radius 1 is 1.00 bits per heavy atom. The molecular weight excluding hydrogens is 182 g/mol. The standard InChI is InChI=1S/C14H15N/c1-2-5-12-10-13(8-7-11(12)4-1)14-6-3-9-15-14/h1-2,4-5,7-8,10,14-15H,3,6,9H2. The molecule has 0 saturated carbocycles. The number of nitrogens with one attached hydrogen (secondary N) is 1. The molecule has 0 spiro atoms. The quantitative estimate of drug-likeness (QED) is 0.740. The number of hydrogen-bond donors (Lipinski definition) is 1. The Kier molecular flexibility index (Phi) is 2.18. The van der Waals surface area contributed by atoms with E-state index in [0.29, 0.717) is 6.04 Å². The molecule has 1 N–H and O–H groups in total. The van der Waals surface area contributed by atoms with Crippen LogP contribution < -0.4 is 5.32 Å². The van der Waals surface area contributed by atoms with Crippen LogP contribution in [-0.2, 0) is 0 Å². The lowest BCUT2D eigenvalue weighted by molar-refractivity contribution is 0.648. The maximum Gasteiger partial charge on any atom is 0.0320 e. The van der Waals surface area contributed by atoms with E-state index < -0.39 is 0 Å². The zero-order chi connectivity index (χ0) is 10.1. The van der Waals surface area contributed by atoms with E-state index >= 15 is 0 Å². The molecule has 1 unspecified atom stereocenters. The number of rotatable bonds is 1. The van der Waals surface area contributed by atoms with Gasteiger partial charge in [-0.25, -0.2) is 0 Å². The molecule has 1 atom stereocenters. The van der Waals surface area contributed by atoms with Crippen molar-refractivity contribution >= 4 is 10.8 Å². The van der Waals surface area contributed by atoms with E-state index in [9.17, 15) is 0 Å². The van der Waals surface area contributed by atoms with Gasteiger partial charge in [0.1, 0.15) is 0 Å². The molecule has 0 bridgehead atoms. The second-order valence-electron chi connectivity index (χ2n) is 4.26. The van der Waals surface area contributed by atoms with Crippen LogP contribution in [0.4, 0.5) is 0 Å². The second-order valence-corrected chi connectivity index (χ2v) is 4.26. The molecule has 1 aliphatic heterocycles. The zero-order valence-electron chi connectivity index (χ0n) is 8.74. The smallest absolute Gasteiger partial charge is 0.0320 e. The van der Waals surface area contributed by atoms with Crippen LogP contribution in [0.3, 0.4) is 0 Å². The van der Waals surface area contributed by atoms with Gasteiger partial charge in [-0.2, -0.15) is 0 Å². The minimum absolute atomic E-state index is 0.578. The van der Waals surface area contributed by atoms with E-state index in [0.717, 1.165) is 6.54 Å². The summed E-state index contributed by atoms with van der Waals surface area (Å²) in [6.45, 7) is 1.16. The Labute approximate surface area is 90.1 Å². The van der Waals surface area contributed by atoms with Gasteiger partial charge >= 0.3 is 0 Å². The van der Waals surface area contributed by atoms with Crippen LogP contribution >= 0.6 is 0 Å². The lowest BCUT2D eigenvalue weighted by Gasteiger charge is -2.11. The third-order valence-electron chi connectivity index (χ3n) is 3.24. The molecule has 2 aromatic rings. The molecule has 1 heteroatoms. The average Bonchev–Trinajstić information content (AvgIpc) is 2.82. The van der Waals surface area contributed by atoms with Gasteiger partial charge in [-0.05, 0) is 41.8 Å². The summed E-state index contributed by atoms with van der Waals surface area (Å²) in [5.41, 5.74) is 1.44. The van der Waals surface area contributed by atoms with Crippen molar-refractivity contribution in [3.05, 3.63) is 48.0 Å². The van der Waals surface area contributed by atoms with Gasteiger partial charge in [-0.1, -0.05) is 36.4 Å². The molecule has 0 amide bonds. The van der Waals surface area contributed by atoms with Gasteiger partial charge in [0, 0.05) is 6.04 Å². The highest BCUT2D eigenvalue weighted by Gasteiger charge is 2.15. The molecule has 2 aromatic carbocycles. The van der Waals surface area contributed by atoms with E-state index in [1.165, 1.54) is 29.2 Å². The van der Waals surface area contributed by atoms with Gasteiger partial charge in [0.05, 0.1) is 0 Å². The first kappa shape index (κ1) is 8.93. The highest BCUT2D eigenvalue weighted by atomic mass is 14.9. The summed E-state index contributed by atoms with van der Waals surface area (Å²) in [4.78, 5) is 0. The fraction of sp³-hybridized carbons (Fsp3) is 0.286. The maximum atomic E-state index is 3.54. The van der Waals surface area contributed by atoms with Crippen LogP contribution in [0, 0.1) is 0 Å². The fourth-order valence-corrected chi connectivity index (χ4v) is 2.39. The van der Waals surface area contributed by atoms with E-state index in [1.54, 1.807) is 0 Å². The van der Waals surface area contributed by atoms with Crippen molar-refractivity contribution in [3.8, 4) is 0 Å². The molecule has 0 aromatic heterocycles. The average molecular weight is 197 g/mol. The molecule has 0 radical (unpaired) electrons. The minimum Gasteiger partial charge on any atom is -0.310 e. The normalized spacial score (nSPS) is 20.9. The Balaban J connectivity index is 2.05. The molecule has 3 rings (SSSR count). The fourth-order valence-electron chi connectivity index (χ4n) is 2.39. The van der Waals surface area contributed by atoms with Crippen molar-refractivity contribution in [1.29, 1.82) is 0 Å². The lowest BCUT2D eigenvalue weighted by atomic mass is 10.0. The van der Waals surface area contributed by atoms with E-state index in [-0.39, 0.29) is 0 Å². The van der Waals surface area contributed by atoms with Crippen molar-refractivity contribution in [3.63, 3.8) is 0 Å². The van der Waals surface area contributed by atoms with Gasteiger partial charge < -0.3 is 5.32 Å². The summed E-state index contributed by atoms with van der Waals surface area (Å²) in [7, 11) is 0. The molecule has 1 heterocycles. The van der Waals surface area contributed by atoms with Crippen molar-refractivity contribution in [2.24, 2.45) is 0 Å². The summed E-state index contributed by atoms with van der Waals surface area (Å²) < 4.78 is 0. The monoisotopic (exact) mass is 197 g/mol. The van der Waals surface area contributed by atoms with E-state index in [4.69, 9.17) is 0 Å². The zero-order valence-corrected chi connectivity index (χ0v) is 8.74. The van der Waals surface area contributed by atoms with Gasteiger partial charge in [-0.15, -0.1) is 0 Å². The van der Waals surface area contributed by atoms with Gasteiger partial charge in [-0.3, -0.25) is 0 Å². The summed E-state index contributed by atoms with van der Waals surface area (Å²) in [6, 6.07) is 15.9. The first-order valence-electron chi connectivity index (χ1n) is 5.65. The highest BCUT2D eigenvalue weighted by molar-refractivity contribution is 5.83. The predicted molar refractivity (Wildman–Crippen MR) is 63.9 cm³/mol. The molecule has 0 aliphatic carbocycles. The number of benzene rings is 2. The minimum atomic E-state index is 0.578. The van der Waals surface area contributed by atoms with Crippen LogP contribution in [0.1, 0.15) is 24.4 Å². The van der Waals surface area contributed by atoms with Crippen LogP contribution in [-0.4, -0.2) is 6.54 Å². The van der Waals surface area contributed by atoms with Crippen LogP contribution in [0.25, 0.3) is 10.8 Å². The highest BCUT2D eigenvalue weighted by Crippen LogP contribution is 2.25. The van der Waals surface area contributed by atoms with Crippen molar-refractivity contribution < 1.29 is 0 Å². The largest absolute Gasteiger partial charge is 0.310 e. The molecule has 1 fully saturated rings. The summed E-state index contributed by atoms with van der Waals surface area (Å²) in [5, 5.41) is 6.22. The summed E-state index contributed by atoms with van der Waals surface area (Å²) in [6.07, 6.45) is 2.58. The number of fused-ring (bicyclic) bond motifs is 1. The first-order chi connectivity index (χ1) is 7.43. The van der Waals surface area contributed by atoms with Crippen molar-refractivity contribution in [1.82, 2.24) is 5.32 Å². The third-order valence-corrected chi connectivity index (χ3v) is 3.24. The Hall–Kier alpha value is -1.34. The van der Waals surface area contributed by atoms with Crippen LogP contribution in [0.15, 0.2) is 42.5 Å². The van der Waals surface area contributed by atoms with Crippen LogP contribution in [0.5, 0.6) is 0 Å². The molecular formula is C14H15N. The van der Waals surface area contributed by atoms with Crippen molar-refractivity contribution in [2.75, 3.05) is 6.54 Å². The second kappa shape index (κ2) is 3.67. The van der Waals surface area contributed by atoms with E-state index in [2.05, 4.69) is 47.8 Å². The Morgan fingerprint density at radius 2 is 1.87 bits per heavy atom. The lowest BCUT2D eigenvalue weighted by Crippen LogP contribution is -2.12. The SMILES string of the molecule is c1ccc2cc(C3CCCN3)ccc2c1. The Morgan fingerprint density at radius 3 is 2.67 bits per heavy atom. The summed E-state index contributed by atoms with van der Waals surface area (Å²) >= 11 is 0. The molecule has 15 heavy (non-hydrogen) atoms. The number of hydrogen-bond acceptors (Lipinski definition) is 1. The molecule has 1 aliphatic rings. The predicted octanol–water partition coefficient (Wildman–Crippen LogP) is 3.26. The van der Waals surface area contributed by atoms with Gasteiger partial charge in [0.15, 0.2) is 0 Å². The third kappa shape index (κ3) is 1.64. The first-order valence-corrected chi connectivity index (χ1v) is 5.65. The molecule has 1 saturated heterocycles. The summed E-state index contributed by atoms with van der Waals surface area (Å²) in [5.74, 6) is 0. The Bertz CT molecular complexity index is 469. The van der Waals surface area contributed by atoms with Gasteiger partial charge in [0.25, 0.3) is 0 Å². The van der Waals surface area contributed by atoms with Gasteiger partial charge in [0.2, 0.25) is 0 Å². The van der Waals surface area contributed by atoms with E-state index in [1.807, 2.05) is 0 Å². The van der Waals surface area contributed by atoms with Crippen LogP contribution in [0.2, 0.25) is 0 Å². The topological polar surface area (TPSA) is 12.0 Å².